The fourth-order valence-corrected chi connectivity index (χ4v) is 5.59. The lowest BCUT2D eigenvalue weighted by Gasteiger charge is -2.29. The summed E-state index contributed by atoms with van der Waals surface area (Å²) in [6, 6.07) is 12.0. The third kappa shape index (κ3) is 6.80. The number of alkyl halides is 3. The predicted molar refractivity (Wildman–Crippen MR) is 144 cm³/mol. The molecule has 0 aliphatic heterocycles. The second kappa shape index (κ2) is 11.8. The zero-order chi connectivity index (χ0) is 25.1. The summed E-state index contributed by atoms with van der Waals surface area (Å²) in [6.45, 7) is 2.53. The number of fused-ring (bicyclic) bond motifs is 1. The average Bonchev–Trinajstić information content (AvgIpc) is 3.49. The molecule has 1 aliphatic carbocycles. The van der Waals surface area contributed by atoms with Crippen LogP contribution in [0.2, 0.25) is 0 Å². The lowest BCUT2D eigenvalue weighted by molar-refractivity contribution is -0.137. The zero-order valence-corrected chi connectivity index (χ0v) is 22.1. The van der Waals surface area contributed by atoms with Crippen LogP contribution in [-0.2, 0) is 12.6 Å². The molecule has 6 nitrogen and oxygen atoms in total. The summed E-state index contributed by atoms with van der Waals surface area (Å²) in [7, 11) is 0. The third-order valence-corrected chi connectivity index (χ3v) is 7.66. The Hall–Kier alpha value is -2.69. The molecule has 5 rings (SSSR count). The first-order valence-corrected chi connectivity index (χ1v) is 13.1. The van der Waals surface area contributed by atoms with E-state index >= 15 is 0 Å². The van der Waals surface area contributed by atoms with Crippen molar-refractivity contribution in [3.8, 4) is 10.6 Å². The van der Waals surface area contributed by atoms with E-state index in [2.05, 4.69) is 37.1 Å². The number of hydrogen-bond donors (Lipinski definition) is 3. The molecular formula is C26H30ClF3N6S. The van der Waals surface area contributed by atoms with Crippen molar-refractivity contribution in [1.29, 1.82) is 0 Å². The van der Waals surface area contributed by atoms with Crippen molar-refractivity contribution in [3.05, 3.63) is 59.3 Å². The van der Waals surface area contributed by atoms with E-state index in [1.165, 1.54) is 42.7 Å². The van der Waals surface area contributed by atoms with Crippen molar-refractivity contribution in [2.75, 3.05) is 11.9 Å². The van der Waals surface area contributed by atoms with Gasteiger partial charge in [0, 0.05) is 35.3 Å². The quantitative estimate of drug-likeness (QED) is 0.225. The maximum absolute atomic E-state index is 13.2. The number of aromatic amines is 1. The standard InChI is InChI=1S/C26H29F3N6S.ClH/c1-16-22-14-18(10-11-23(22)33-32-16)24-34-35-25(36-24)30-15-21(31-20-8-3-2-4-9-20)13-17-6-5-7-19(12-17)26(27,28)29;/h5-7,10-12,14,20-21,31H,2-4,8-9,13,15H2,1H3,(H,30,35)(H,32,33);1H. The Morgan fingerprint density at radius 2 is 1.89 bits per heavy atom. The first-order chi connectivity index (χ1) is 17.3. The van der Waals surface area contributed by atoms with Crippen molar-refractivity contribution < 1.29 is 13.2 Å². The van der Waals surface area contributed by atoms with Gasteiger partial charge < -0.3 is 10.6 Å². The summed E-state index contributed by atoms with van der Waals surface area (Å²) in [4.78, 5) is 0. The molecule has 4 aromatic rings. The lowest BCUT2D eigenvalue weighted by Crippen LogP contribution is -2.44. The second-order valence-corrected chi connectivity index (χ2v) is 10.5. The second-order valence-electron chi connectivity index (χ2n) is 9.47. The van der Waals surface area contributed by atoms with Crippen molar-refractivity contribution in [3.63, 3.8) is 0 Å². The molecule has 1 atom stereocenters. The Bertz CT molecular complexity index is 1320. The molecule has 2 heterocycles. The number of aromatic nitrogens is 4. The minimum atomic E-state index is -4.35. The van der Waals surface area contributed by atoms with E-state index in [1.807, 2.05) is 19.1 Å². The SMILES string of the molecule is Cc1[nH]nc2ccc(-c3nnc(NCC(Cc4cccc(C(F)(F)F)c4)NC4CCCCC4)s3)cc12.Cl. The number of benzene rings is 2. The van der Waals surface area contributed by atoms with Crippen LogP contribution < -0.4 is 10.6 Å². The van der Waals surface area contributed by atoms with Gasteiger partial charge in [-0.25, -0.2) is 0 Å². The van der Waals surface area contributed by atoms with Crippen LogP contribution in [0.25, 0.3) is 21.5 Å². The number of aryl methyl sites for hydroxylation is 1. The molecule has 3 N–H and O–H groups in total. The molecule has 2 aromatic heterocycles. The fourth-order valence-electron chi connectivity index (χ4n) is 4.84. The van der Waals surface area contributed by atoms with Gasteiger partial charge in [0.15, 0.2) is 0 Å². The highest BCUT2D eigenvalue weighted by atomic mass is 35.5. The maximum atomic E-state index is 13.2. The molecule has 1 aliphatic rings. The molecule has 0 amide bonds. The summed E-state index contributed by atoms with van der Waals surface area (Å²) in [5.41, 5.74) is 2.94. The highest BCUT2D eigenvalue weighted by Crippen LogP contribution is 2.31. The Labute approximate surface area is 223 Å². The van der Waals surface area contributed by atoms with E-state index in [-0.39, 0.29) is 18.4 Å². The van der Waals surface area contributed by atoms with Gasteiger partial charge in [0.2, 0.25) is 5.13 Å². The summed E-state index contributed by atoms with van der Waals surface area (Å²) in [5, 5.41) is 25.5. The number of rotatable bonds is 8. The fraction of sp³-hybridized carbons (Fsp3) is 0.423. The van der Waals surface area contributed by atoms with Crippen LogP contribution in [0, 0.1) is 6.92 Å². The van der Waals surface area contributed by atoms with E-state index in [4.69, 9.17) is 0 Å². The largest absolute Gasteiger partial charge is 0.416 e. The normalized spacial score (nSPS) is 15.5. The highest BCUT2D eigenvalue weighted by Gasteiger charge is 2.30. The zero-order valence-electron chi connectivity index (χ0n) is 20.4. The van der Waals surface area contributed by atoms with Crippen molar-refractivity contribution in [1.82, 2.24) is 25.7 Å². The van der Waals surface area contributed by atoms with Crippen LogP contribution in [-0.4, -0.2) is 39.0 Å². The van der Waals surface area contributed by atoms with Crippen molar-refractivity contribution >= 4 is 39.8 Å². The Kier molecular flexibility index (Phi) is 8.71. The topological polar surface area (TPSA) is 78.5 Å². The molecule has 0 radical (unpaired) electrons. The molecule has 37 heavy (non-hydrogen) atoms. The van der Waals surface area contributed by atoms with Gasteiger partial charge >= 0.3 is 6.18 Å². The molecule has 2 aromatic carbocycles. The third-order valence-electron chi connectivity index (χ3n) is 6.73. The summed E-state index contributed by atoms with van der Waals surface area (Å²) >= 11 is 1.46. The van der Waals surface area contributed by atoms with Crippen molar-refractivity contribution in [2.45, 2.75) is 63.7 Å². The van der Waals surface area contributed by atoms with E-state index in [0.29, 0.717) is 29.7 Å². The monoisotopic (exact) mass is 550 g/mol. The molecule has 0 saturated heterocycles. The molecule has 1 saturated carbocycles. The van der Waals surface area contributed by atoms with Gasteiger partial charge in [-0.1, -0.05) is 48.8 Å². The van der Waals surface area contributed by atoms with Gasteiger partial charge in [0.1, 0.15) is 5.01 Å². The van der Waals surface area contributed by atoms with Gasteiger partial charge in [-0.05, 0) is 56.0 Å². The molecule has 0 spiro atoms. The van der Waals surface area contributed by atoms with E-state index < -0.39 is 11.7 Å². The van der Waals surface area contributed by atoms with Crippen LogP contribution in [0.15, 0.2) is 42.5 Å². The highest BCUT2D eigenvalue weighted by molar-refractivity contribution is 7.18. The van der Waals surface area contributed by atoms with E-state index in [9.17, 15) is 13.2 Å². The van der Waals surface area contributed by atoms with Gasteiger partial charge in [-0.2, -0.15) is 18.3 Å². The van der Waals surface area contributed by atoms with Crippen LogP contribution in [0.3, 0.4) is 0 Å². The first kappa shape index (κ1) is 27.3. The number of halogens is 4. The molecule has 1 unspecified atom stereocenters. The predicted octanol–water partition coefficient (Wildman–Crippen LogP) is 6.78. The number of anilines is 1. The minimum Gasteiger partial charge on any atom is -0.358 e. The van der Waals surface area contributed by atoms with E-state index in [1.54, 1.807) is 6.07 Å². The van der Waals surface area contributed by atoms with Gasteiger partial charge in [0.05, 0.1) is 11.1 Å². The average molecular weight is 551 g/mol. The summed E-state index contributed by atoms with van der Waals surface area (Å²) in [6.07, 6.45) is 1.95. The summed E-state index contributed by atoms with van der Waals surface area (Å²) < 4.78 is 39.7. The Morgan fingerprint density at radius 3 is 2.68 bits per heavy atom. The lowest BCUT2D eigenvalue weighted by atomic mass is 9.94. The number of hydrogen-bond acceptors (Lipinski definition) is 6. The Morgan fingerprint density at radius 1 is 1.08 bits per heavy atom. The maximum Gasteiger partial charge on any atom is 0.416 e. The smallest absolute Gasteiger partial charge is 0.358 e. The van der Waals surface area contributed by atoms with Crippen LogP contribution >= 0.6 is 23.7 Å². The minimum absolute atomic E-state index is 0. The Balaban J connectivity index is 0.00000320. The molecular weight excluding hydrogens is 521 g/mol. The molecule has 1 fully saturated rings. The van der Waals surface area contributed by atoms with Gasteiger partial charge in [-0.15, -0.1) is 22.6 Å². The van der Waals surface area contributed by atoms with Crippen LogP contribution in [0.1, 0.15) is 48.9 Å². The molecule has 198 valence electrons. The van der Waals surface area contributed by atoms with Crippen LogP contribution in [0.5, 0.6) is 0 Å². The number of nitrogens with zero attached hydrogens (tertiary/aromatic N) is 3. The van der Waals surface area contributed by atoms with E-state index in [0.717, 1.165) is 46.1 Å². The first-order valence-electron chi connectivity index (χ1n) is 12.3. The van der Waals surface area contributed by atoms with Crippen molar-refractivity contribution in [2.24, 2.45) is 0 Å². The molecule has 11 heteroatoms. The number of nitrogens with one attached hydrogen (secondary N) is 3. The number of H-pyrrole nitrogens is 1. The van der Waals surface area contributed by atoms with Crippen LogP contribution in [0.4, 0.5) is 18.3 Å². The summed E-state index contributed by atoms with van der Waals surface area (Å²) in [5.74, 6) is 0. The van der Waals surface area contributed by atoms with Gasteiger partial charge in [-0.3, -0.25) is 5.10 Å². The molecule has 0 bridgehead atoms. The van der Waals surface area contributed by atoms with Gasteiger partial charge in [0.25, 0.3) is 0 Å².